The van der Waals surface area contributed by atoms with Gasteiger partial charge in [-0.2, -0.15) is 0 Å². The number of hydrogen-bond acceptors (Lipinski definition) is 3. The quantitative estimate of drug-likeness (QED) is 0.924. The Morgan fingerprint density at radius 1 is 1.30 bits per heavy atom. The summed E-state index contributed by atoms with van der Waals surface area (Å²) in [6.07, 6.45) is 2.75. The minimum atomic E-state index is 0.159. The Morgan fingerprint density at radius 2 is 2.10 bits per heavy atom. The van der Waals surface area contributed by atoms with Gasteiger partial charge in [-0.1, -0.05) is 29.3 Å². The summed E-state index contributed by atoms with van der Waals surface area (Å²) in [5, 5.41) is 4.46. The minimum Gasteiger partial charge on any atom is -0.374 e. The molecule has 0 bridgehead atoms. The molecule has 0 spiro atoms. The van der Waals surface area contributed by atoms with Crippen LogP contribution in [0.1, 0.15) is 24.4 Å². The lowest BCUT2D eigenvalue weighted by molar-refractivity contribution is -0.0739. The molecule has 1 aromatic rings. The fourth-order valence-electron chi connectivity index (χ4n) is 3.04. The fourth-order valence-corrected chi connectivity index (χ4v) is 3.35. The van der Waals surface area contributed by atoms with Crippen molar-refractivity contribution in [2.24, 2.45) is 0 Å². The van der Waals surface area contributed by atoms with Crippen molar-refractivity contribution in [3.63, 3.8) is 0 Å². The van der Waals surface area contributed by atoms with Gasteiger partial charge in [0.25, 0.3) is 0 Å². The second-order valence-electron chi connectivity index (χ2n) is 5.55. The molecule has 1 N–H and O–H groups in total. The van der Waals surface area contributed by atoms with Crippen LogP contribution in [0.25, 0.3) is 0 Å². The second-order valence-corrected chi connectivity index (χ2v) is 6.37. The van der Waals surface area contributed by atoms with Crippen LogP contribution in [0.2, 0.25) is 10.0 Å². The number of ether oxygens (including phenoxy) is 1. The van der Waals surface area contributed by atoms with Crippen LogP contribution in [0.5, 0.6) is 0 Å². The number of rotatable bonds is 4. The Morgan fingerprint density at radius 3 is 2.75 bits per heavy atom. The Labute approximate surface area is 130 Å². The number of nitrogens with zero attached hydrogens (tertiary/aromatic N) is 1. The number of hydrogen-bond donors (Lipinski definition) is 1. The third kappa shape index (κ3) is 2.97. The first-order valence-corrected chi connectivity index (χ1v) is 7.93. The van der Waals surface area contributed by atoms with Crippen molar-refractivity contribution < 1.29 is 4.74 Å². The summed E-state index contributed by atoms with van der Waals surface area (Å²) >= 11 is 12.2. The van der Waals surface area contributed by atoms with Gasteiger partial charge in [-0.3, -0.25) is 4.90 Å². The number of benzene rings is 1. The van der Waals surface area contributed by atoms with Crippen LogP contribution < -0.4 is 5.32 Å². The van der Waals surface area contributed by atoms with E-state index in [2.05, 4.69) is 16.3 Å². The van der Waals surface area contributed by atoms with E-state index in [4.69, 9.17) is 27.9 Å². The highest BCUT2D eigenvalue weighted by atomic mass is 35.5. The molecule has 2 unspecified atom stereocenters. The molecule has 5 heteroatoms. The van der Waals surface area contributed by atoms with Crippen LogP contribution in [0.15, 0.2) is 18.2 Å². The molecule has 3 rings (SSSR count). The molecule has 1 aromatic carbocycles. The second kappa shape index (κ2) is 6.20. The highest BCUT2D eigenvalue weighted by Crippen LogP contribution is 2.40. The molecule has 3 nitrogen and oxygen atoms in total. The van der Waals surface area contributed by atoms with Crippen LogP contribution in [-0.4, -0.2) is 43.8 Å². The Kier molecular flexibility index (Phi) is 4.53. The summed E-state index contributed by atoms with van der Waals surface area (Å²) in [5.41, 5.74) is 1.20. The molecule has 1 aliphatic carbocycles. The van der Waals surface area contributed by atoms with Crippen molar-refractivity contribution in [3.05, 3.63) is 33.8 Å². The van der Waals surface area contributed by atoms with Crippen molar-refractivity contribution in [2.45, 2.75) is 31.0 Å². The predicted molar refractivity (Wildman–Crippen MR) is 82.6 cm³/mol. The zero-order valence-corrected chi connectivity index (χ0v) is 13.1. The molecule has 2 fully saturated rings. The molecular weight excluding hydrogens is 295 g/mol. The highest BCUT2D eigenvalue weighted by molar-refractivity contribution is 6.42. The number of morpholine rings is 1. The van der Waals surface area contributed by atoms with Gasteiger partial charge in [-0.05, 0) is 37.6 Å². The summed E-state index contributed by atoms with van der Waals surface area (Å²) in [5.74, 6) is 0. The maximum absolute atomic E-state index is 6.19. The Hall–Kier alpha value is -0.320. The fraction of sp³-hybridized carbons (Fsp3) is 0.600. The van der Waals surface area contributed by atoms with E-state index in [-0.39, 0.29) is 12.1 Å². The van der Waals surface area contributed by atoms with Gasteiger partial charge < -0.3 is 10.1 Å². The largest absolute Gasteiger partial charge is 0.374 e. The standard InChI is InChI=1S/C15H20Cl2N2O/c1-18-9-14-15(10-2-5-12(16)13(17)8-10)19(6-7-20-14)11-3-4-11/h2,5,8,11,14-15,18H,3-4,6-7,9H2,1H3. The molecule has 0 radical (unpaired) electrons. The summed E-state index contributed by atoms with van der Waals surface area (Å²) < 4.78 is 5.98. The molecule has 1 saturated heterocycles. The topological polar surface area (TPSA) is 24.5 Å². The van der Waals surface area contributed by atoms with Gasteiger partial charge in [0.15, 0.2) is 0 Å². The van der Waals surface area contributed by atoms with Gasteiger partial charge in [0, 0.05) is 19.1 Å². The third-order valence-corrected chi connectivity index (χ3v) is 4.84. The van der Waals surface area contributed by atoms with Gasteiger partial charge in [0.05, 0.1) is 28.8 Å². The molecule has 0 aromatic heterocycles. The first kappa shape index (κ1) is 14.6. The molecule has 0 amide bonds. The summed E-state index contributed by atoms with van der Waals surface area (Å²) in [4.78, 5) is 2.57. The lowest BCUT2D eigenvalue weighted by Crippen LogP contribution is -2.49. The van der Waals surface area contributed by atoms with Gasteiger partial charge in [-0.25, -0.2) is 0 Å². The SMILES string of the molecule is CNCC1OCCN(C2CC2)C1c1ccc(Cl)c(Cl)c1. The summed E-state index contributed by atoms with van der Waals surface area (Å²) in [6, 6.07) is 6.92. The zero-order chi connectivity index (χ0) is 14.1. The zero-order valence-electron chi connectivity index (χ0n) is 11.6. The molecular formula is C15H20Cl2N2O. The van der Waals surface area contributed by atoms with Crippen LogP contribution in [0, 0.1) is 0 Å². The molecule has 1 heterocycles. The molecule has 1 saturated carbocycles. The Bertz CT molecular complexity index is 477. The first-order valence-electron chi connectivity index (χ1n) is 7.17. The van der Waals surface area contributed by atoms with Crippen molar-refractivity contribution in [3.8, 4) is 0 Å². The maximum atomic E-state index is 6.19. The molecule has 20 heavy (non-hydrogen) atoms. The molecule has 2 aliphatic rings. The van der Waals surface area contributed by atoms with Crippen LogP contribution in [0.3, 0.4) is 0 Å². The van der Waals surface area contributed by atoms with E-state index < -0.39 is 0 Å². The van der Waals surface area contributed by atoms with Crippen LogP contribution in [-0.2, 0) is 4.74 Å². The van der Waals surface area contributed by atoms with Crippen molar-refractivity contribution >= 4 is 23.2 Å². The average molecular weight is 315 g/mol. The maximum Gasteiger partial charge on any atom is 0.0896 e. The van der Waals surface area contributed by atoms with Crippen LogP contribution >= 0.6 is 23.2 Å². The lowest BCUT2D eigenvalue weighted by Gasteiger charge is -2.42. The van der Waals surface area contributed by atoms with Gasteiger partial charge in [0.2, 0.25) is 0 Å². The number of nitrogens with one attached hydrogen (secondary N) is 1. The first-order chi connectivity index (χ1) is 9.70. The molecule has 110 valence electrons. The molecule has 2 atom stereocenters. The normalized spacial score (nSPS) is 27.8. The van der Waals surface area contributed by atoms with Gasteiger partial charge in [0.1, 0.15) is 0 Å². The molecule has 1 aliphatic heterocycles. The average Bonchev–Trinajstić information content (AvgIpc) is 3.27. The van der Waals surface area contributed by atoms with Crippen molar-refractivity contribution in [1.82, 2.24) is 10.2 Å². The number of likely N-dealkylation sites (N-methyl/N-ethyl adjacent to an activating group) is 1. The summed E-state index contributed by atoms with van der Waals surface area (Å²) in [6.45, 7) is 2.64. The van der Waals surface area contributed by atoms with E-state index >= 15 is 0 Å². The van der Waals surface area contributed by atoms with E-state index in [1.165, 1.54) is 18.4 Å². The van der Waals surface area contributed by atoms with Gasteiger partial charge >= 0.3 is 0 Å². The van der Waals surface area contributed by atoms with Gasteiger partial charge in [-0.15, -0.1) is 0 Å². The van der Waals surface area contributed by atoms with E-state index in [9.17, 15) is 0 Å². The van der Waals surface area contributed by atoms with E-state index in [0.717, 1.165) is 19.7 Å². The minimum absolute atomic E-state index is 0.159. The smallest absolute Gasteiger partial charge is 0.0896 e. The van der Waals surface area contributed by atoms with Crippen molar-refractivity contribution in [2.75, 3.05) is 26.7 Å². The Balaban J connectivity index is 1.91. The monoisotopic (exact) mass is 314 g/mol. The van der Waals surface area contributed by atoms with E-state index in [1.807, 2.05) is 19.2 Å². The highest BCUT2D eigenvalue weighted by Gasteiger charge is 2.41. The summed E-state index contributed by atoms with van der Waals surface area (Å²) in [7, 11) is 1.96. The van der Waals surface area contributed by atoms with Crippen LogP contribution in [0.4, 0.5) is 0 Å². The number of halogens is 2. The predicted octanol–water partition coefficient (Wildman–Crippen LogP) is 3.12. The van der Waals surface area contributed by atoms with Crippen molar-refractivity contribution in [1.29, 1.82) is 0 Å². The third-order valence-electron chi connectivity index (χ3n) is 4.10. The lowest BCUT2D eigenvalue weighted by atomic mass is 9.97. The van der Waals surface area contributed by atoms with E-state index in [0.29, 0.717) is 16.1 Å². The van der Waals surface area contributed by atoms with E-state index in [1.54, 1.807) is 0 Å².